The summed E-state index contributed by atoms with van der Waals surface area (Å²) < 4.78 is 0. The number of thioether (sulfide) groups is 1. The van der Waals surface area contributed by atoms with Crippen molar-refractivity contribution in [1.29, 1.82) is 0 Å². The molecule has 1 saturated heterocycles. The van der Waals surface area contributed by atoms with E-state index in [1.165, 1.54) is 16.7 Å². The van der Waals surface area contributed by atoms with Crippen molar-refractivity contribution < 1.29 is 14.7 Å². The van der Waals surface area contributed by atoms with Crippen molar-refractivity contribution in [2.75, 3.05) is 5.75 Å². The molecule has 1 fully saturated rings. The number of rotatable bonds is 3. The van der Waals surface area contributed by atoms with Crippen LogP contribution in [0, 0.1) is 0 Å². The van der Waals surface area contributed by atoms with Gasteiger partial charge in [-0.25, -0.2) is 4.79 Å². The highest BCUT2D eigenvalue weighted by atomic mass is 32.2. The number of nitrogens with two attached hydrogens (primary N) is 1. The highest BCUT2D eigenvalue weighted by Gasteiger charge is 2.40. The molecule has 0 bridgehead atoms. The van der Waals surface area contributed by atoms with Gasteiger partial charge in [0.25, 0.3) is 0 Å². The van der Waals surface area contributed by atoms with E-state index in [1.54, 1.807) is 0 Å². The lowest BCUT2D eigenvalue weighted by molar-refractivity contribution is -0.149. The number of aliphatic carboxylic acids is 1. The normalized spacial score (nSPS) is 27.8. The second-order valence-corrected chi connectivity index (χ2v) is 4.90. The van der Waals surface area contributed by atoms with Crippen LogP contribution in [0.2, 0.25) is 0 Å². The first-order valence-corrected chi connectivity index (χ1v) is 5.96. The molecule has 6 heteroatoms. The fraction of sp³-hybridized carbons (Fsp3) is 0.778. The third kappa shape index (κ3) is 2.43. The van der Waals surface area contributed by atoms with Crippen molar-refractivity contribution in [1.82, 2.24) is 4.90 Å². The van der Waals surface area contributed by atoms with E-state index in [1.807, 2.05) is 13.8 Å². The van der Waals surface area contributed by atoms with E-state index >= 15 is 0 Å². The van der Waals surface area contributed by atoms with Crippen LogP contribution in [0.1, 0.15) is 20.3 Å². The molecule has 0 radical (unpaired) electrons. The second-order valence-electron chi connectivity index (χ2n) is 3.55. The number of carbonyl (C=O) groups is 2. The summed E-state index contributed by atoms with van der Waals surface area (Å²) in [6, 6.07) is -1.32. The zero-order valence-corrected chi connectivity index (χ0v) is 9.66. The summed E-state index contributed by atoms with van der Waals surface area (Å²) in [4.78, 5) is 24.1. The van der Waals surface area contributed by atoms with Crippen molar-refractivity contribution in [3.05, 3.63) is 0 Å². The number of hydrogen-bond donors (Lipinski definition) is 2. The van der Waals surface area contributed by atoms with Gasteiger partial charge in [-0.1, -0.05) is 6.92 Å². The van der Waals surface area contributed by atoms with Gasteiger partial charge in [0, 0.05) is 5.75 Å². The van der Waals surface area contributed by atoms with Crippen LogP contribution in [0.25, 0.3) is 0 Å². The fourth-order valence-electron chi connectivity index (χ4n) is 1.53. The molecule has 5 nitrogen and oxygen atoms in total. The first-order valence-electron chi connectivity index (χ1n) is 4.91. The lowest BCUT2D eigenvalue weighted by Gasteiger charge is -2.27. The molecule has 3 N–H and O–H groups in total. The van der Waals surface area contributed by atoms with E-state index in [0.717, 1.165) is 0 Å². The summed E-state index contributed by atoms with van der Waals surface area (Å²) in [5.74, 6) is -0.774. The van der Waals surface area contributed by atoms with Crippen molar-refractivity contribution >= 4 is 23.6 Å². The number of amides is 1. The lowest BCUT2D eigenvalue weighted by Crippen LogP contribution is -2.51. The molecule has 1 aliphatic rings. The monoisotopic (exact) mass is 232 g/mol. The van der Waals surface area contributed by atoms with Gasteiger partial charge < -0.3 is 15.7 Å². The van der Waals surface area contributed by atoms with Gasteiger partial charge in [0.2, 0.25) is 5.91 Å². The van der Waals surface area contributed by atoms with Crippen molar-refractivity contribution in [2.45, 2.75) is 37.7 Å². The third-order valence-electron chi connectivity index (χ3n) is 2.52. The summed E-state index contributed by atoms with van der Waals surface area (Å²) in [5.41, 5.74) is 5.63. The number of nitrogens with zero attached hydrogens (tertiary/aromatic N) is 1. The summed E-state index contributed by atoms with van der Waals surface area (Å²) in [5, 5.41) is 8.86. The highest BCUT2D eigenvalue weighted by Crippen LogP contribution is 2.29. The van der Waals surface area contributed by atoms with E-state index in [4.69, 9.17) is 10.8 Å². The molecular formula is C9H16N2O3S. The van der Waals surface area contributed by atoms with Crippen molar-refractivity contribution in [3.63, 3.8) is 0 Å². The SMILES string of the molecule is CC[C@@H](N)C(=O)N1C(C)SCC1C(=O)O. The Kier molecular flexibility index (Phi) is 3.98. The zero-order chi connectivity index (χ0) is 11.6. The van der Waals surface area contributed by atoms with E-state index in [0.29, 0.717) is 12.2 Å². The number of carbonyl (C=O) groups excluding carboxylic acids is 1. The summed E-state index contributed by atoms with van der Waals surface area (Å²) in [7, 11) is 0. The van der Waals surface area contributed by atoms with Gasteiger partial charge in [-0.15, -0.1) is 11.8 Å². The van der Waals surface area contributed by atoms with Gasteiger partial charge in [-0.2, -0.15) is 0 Å². The predicted molar refractivity (Wildman–Crippen MR) is 58.5 cm³/mol. The number of carboxylic acid groups (broad SMARTS) is 1. The Morgan fingerprint density at radius 3 is 2.73 bits per heavy atom. The first-order chi connectivity index (χ1) is 6.99. The molecule has 3 atom stereocenters. The molecule has 0 spiro atoms. The topological polar surface area (TPSA) is 83.6 Å². The third-order valence-corrected chi connectivity index (χ3v) is 3.74. The van der Waals surface area contributed by atoms with Gasteiger partial charge in [-0.3, -0.25) is 4.79 Å². The van der Waals surface area contributed by atoms with E-state index in [9.17, 15) is 9.59 Å². The summed E-state index contributed by atoms with van der Waals surface area (Å²) in [6.45, 7) is 3.64. The molecule has 1 aliphatic heterocycles. The van der Waals surface area contributed by atoms with Gasteiger partial charge in [0.1, 0.15) is 6.04 Å². The Labute approximate surface area is 93.0 Å². The minimum absolute atomic E-state index is 0.101. The average molecular weight is 232 g/mol. The molecule has 0 aromatic rings. The lowest BCUT2D eigenvalue weighted by atomic mass is 10.2. The van der Waals surface area contributed by atoms with Gasteiger partial charge >= 0.3 is 5.97 Å². The van der Waals surface area contributed by atoms with E-state index in [2.05, 4.69) is 0 Å². The fourth-order valence-corrected chi connectivity index (χ4v) is 2.71. The molecule has 1 heterocycles. The van der Waals surface area contributed by atoms with E-state index < -0.39 is 18.1 Å². The largest absolute Gasteiger partial charge is 0.480 e. The molecular weight excluding hydrogens is 216 g/mol. The van der Waals surface area contributed by atoms with Gasteiger partial charge in [0.15, 0.2) is 0 Å². The second kappa shape index (κ2) is 4.85. The minimum Gasteiger partial charge on any atom is -0.480 e. The van der Waals surface area contributed by atoms with Crippen molar-refractivity contribution in [3.8, 4) is 0 Å². The Morgan fingerprint density at radius 1 is 1.67 bits per heavy atom. The van der Waals surface area contributed by atoms with Crippen LogP contribution in [0.15, 0.2) is 0 Å². The summed E-state index contributed by atoms with van der Waals surface area (Å²) >= 11 is 1.47. The Balaban J connectivity index is 2.80. The molecule has 86 valence electrons. The zero-order valence-electron chi connectivity index (χ0n) is 8.84. The molecule has 2 unspecified atom stereocenters. The van der Waals surface area contributed by atoms with Crippen molar-refractivity contribution in [2.24, 2.45) is 5.73 Å². The Hall–Kier alpha value is -0.750. The molecule has 15 heavy (non-hydrogen) atoms. The van der Waals surface area contributed by atoms with Crippen LogP contribution in [0.5, 0.6) is 0 Å². The maximum Gasteiger partial charge on any atom is 0.327 e. The summed E-state index contributed by atoms with van der Waals surface area (Å²) in [6.07, 6.45) is 0.527. The Morgan fingerprint density at radius 2 is 2.27 bits per heavy atom. The number of carboxylic acids is 1. The molecule has 0 saturated carbocycles. The molecule has 1 amide bonds. The number of hydrogen-bond acceptors (Lipinski definition) is 4. The smallest absolute Gasteiger partial charge is 0.327 e. The van der Waals surface area contributed by atoms with Crippen LogP contribution >= 0.6 is 11.8 Å². The molecule has 1 rings (SSSR count). The van der Waals surface area contributed by atoms with Gasteiger partial charge in [0.05, 0.1) is 11.4 Å². The predicted octanol–water partition coefficient (Wildman–Crippen LogP) is 0.0983. The maximum absolute atomic E-state index is 11.8. The van der Waals surface area contributed by atoms with Crippen LogP contribution in [-0.2, 0) is 9.59 Å². The van der Waals surface area contributed by atoms with E-state index in [-0.39, 0.29) is 11.3 Å². The highest BCUT2D eigenvalue weighted by molar-refractivity contribution is 8.00. The molecule has 0 aliphatic carbocycles. The van der Waals surface area contributed by atoms with Crippen LogP contribution in [-0.4, -0.2) is 45.1 Å². The average Bonchev–Trinajstić information content (AvgIpc) is 2.58. The quantitative estimate of drug-likeness (QED) is 0.721. The minimum atomic E-state index is -0.955. The Bertz CT molecular complexity index is 272. The van der Waals surface area contributed by atoms with Crippen LogP contribution in [0.3, 0.4) is 0 Å². The standard InChI is InChI=1S/C9H16N2O3S/c1-3-6(10)8(12)11-5(2)15-4-7(11)9(13)14/h5-7H,3-4,10H2,1-2H3,(H,13,14)/t5?,6-,7?/m1/s1. The first kappa shape index (κ1) is 12.3. The van der Waals surface area contributed by atoms with Crippen LogP contribution in [0.4, 0.5) is 0 Å². The molecule has 0 aromatic heterocycles. The molecule has 0 aromatic carbocycles. The van der Waals surface area contributed by atoms with Gasteiger partial charge in [-0.05, 0) is 13.3 Å². The van der Waals surface area contributed by atoms with Crippen LogP contribution < -0.4 is 5.73 Å². The maximum atomic E-state index is 11.8.